The van der Waals surface area contributed by atoms with Crippen LogP contribution in [0.25, 0.3) is 0 Å². The Morgan fingerprint density at radius 3 is 2.72 bits per heavy atom. The first-order valence-electron chi connectivity index (χ1n) is 6.00. The summed E-state index contributed by atoms with van der Waals surface area (Å²) in [5.74, 6) is 0.621. The smallest absolute Gasteiger partial charge is 0.213 e. The molecule has 2 N–H and O–H groups in total. The highest BCUT2D eigenvalue weighted by molar-refractivity contribution is 5.20. The van der Waals surface area contributed by atoms with E-state index in [9.17, 15) is 0 Å². The molecule has 18 heavy (non-hydrogen) atoms. The van der Waals surface area contributed by atoms with Crippen molar-refractivity contribution in [2.45, 2.75) is 19.4 Å². The lowest BCUT2D eigenvalue weighted by Gasteiger charge is -2.07. The van der Waals surface area contributed by atoms with Crippen molar-refractivity contribution in [3.8, 4) is 5.88 Å². The van der Waals surface area contributed by atoms with Crippen LogP contribution in [-0.4, -0.2) is 16.6 Å². The SMILES string of the molecule is CC(N)c1ccc(OCCc2ccccn2)nc1. The molecule has 0 aliphatic rings. The topological polar surface area (TPSA) is 61.0 Å². The Kier molecular flexibility index (Phi) is 4.25. The fourth-order valence-corrected chi connectivity index (χ4v) is 1.55. The second-order valence-electron chi connectivity index (χ2n) is 4.14. The number of nitrogens with two attached hydrogens (primary N) is 1. The molecule has 4 heteroatoms. The summed E-state index contributed by atoms with van der Waals surface area (Å²) in [5.41, 5.74) is 7.78. The molecule has 0 amide bonds. The highest BCUT2D eigenvalue weighted by Gasteiger charge is 2.01. The molecule has 0 fully saturated rings. The largest absolute Gasteiger partial charge is 0.477 e. The van der Waals surface area contributed by atoms with Gasteiger partial charge in [0.1, 0.15) is 0 Å². The van der Waals surface area contributed by atoms with Gasteiger partial charge in [-0.3, -0.25) is 4.98 Å². The molecular weight excluding hydrogens is 226 g/mol. The minimum absolute atomic E-state index is 0.0000637. The molecule has 0 aromatic carbocycles. The van der Waals surface area contributed by atoms with Crippen LogP contribution >= 0.6 is 0 Å². The molecule has 0 aliphatic carbocycles. The van der Waals surface area contributed by atoms with E-state index in [0.717, 1.165) is 17.7 Å². The van der Waals surface area contributed by atoms with Crippen molar-refractivity contribution in [1.82, 2.24) is 9.97 Å². The minimum Gasteiger partial charge on any atom is -0.477 e. The molecule has 0 spiro atoms. The lowest BCUT2D eigenvalue weighted by Crippen LogP contribution is -2.07. The predicted molar refractivity (Wildman–Crippen MR) is 70.3 cm³/mol. The summed E-state index contributed by atoms with van der Waals surface area (Å²) in [6, 6.07) is 9.64. The maximum atomic E-state index is 5.75. The molecule has 0 saturated carbocycles. The van der Waals surface area contributed by atoms with Gasteiger partial charge in [-0.05, 0) is 24.6 Å². The van der Waals surface area contributed by atoms with Gasteiger partial charge in [0.25, 0.3) is 0 Å². The van der Waals surface area contributed by atoms with Crippen molar-refractivity contribution in [2.24, 2.45) is 5.73 Å². The Labute approximate surface area is 107 Å². The van der Waals surface area contributed by atoms with E-state index in [4.69, 9.17) is 10.5 Å². The molecule has 0 radical (unpaired) electrons. The van der Waals surface area contributed by atoms with Crippen LogP contribution in [0.5, 0.6) is 5.88 Å². The molecule has 2 heterocycles. The van der Waals surface area contributed by atoms with Crippen LogP contribution in [0.2, 0.25) is 0 Å². The lowest BCUT2D eigenvalue weighted by molar-refractivity contribution is 0.308. The van der Waals surface area contributed by atoms with E-state index in [-0.39, 0.29) is 6.04 Å². The molecule has 0 bridgehead atoms. The summed E-state index contributed by atoms with van der Waals surface area (Å²) in [4.78, 5) is 8.44. The zero-order chi connectivity index (χ0) is 12.8. The number of pyridine rings is 2. The van der Waals surface area contributed by atoms with Crippen molar-refractivity contribution in [3.63, 3.8) is 0 Å². The average molecular weight is 243 g/mol. The summed E-state index contributed by atoms with van der Waals surface area (Å²) in [6.45, 7) is 2.50. The van der Waals surface area contributed by atoms with Crippen molar-refractivity contribution in [1.29, 1.82) is 0 Å². The number of rotatable bonds is 5. The standard InChI is InChI=1S/C14H17N3O/c1-11(15)12-5-6-14(17-10-12)18-9-7-13-4-2-3-8-16-13/h2-6,8,10-11H,7,9,15H2,1H3. The van der Waals surface area contributed by atoms with E-state index in [1.807, 2.05) is 37.3 Å². The fraction of sp³-hybridized carbons (Fsp3) is 0.286. The van der Waals surface area contributed by atoms with Crippen LogP contribution in [0.4, 0.5) is 0 Å². The number of aromatic nitrogens is 2. The minimum atomic E-state index is 0.0000637. The van der Waals surface area contributed by atoms with Gasteiger partial charge >= 0.3 is 0 Å². The van der Waals surface area contributed by atoms with E-state index in [2.05, 4.69) is 9.97 Å². The second-order valence-corrected chi connectivity index (χ2v) is 4.14. The van der Waals surface area contributed by atoms with Crippen molar-refractivity contribution in [2.75, 3.05) is 6.61 Å². The lowest BCUT2D eigenvalue weighted by atomic mass is 10.2. The monoisotopic (exact) mass is 243 g/mol. The molecule has 2 rings (SSSR count). The van der Waals surface area contributed by atoms with Gasteiger partial charge in [-0.15, -0.1) is 0 Å². The third-order valence-corrected chi connectivity index (χ3v) is 2.62. The maximum absolute atomic E-state index is 5.75. The number of hydrogen-bond donors (Lipinski definition) is 1. The molecular formula is C14H17N3O. The first-order chi connectivity index (χ1) is 8.75. The van der Waals surface area contributed by atoms with Crippen molar-refractivity contribution >= 4 is 0 Å². The van der Waals surface area contributed by atoms with Crippen LogP contribution in [0.1, 0.15) is 24.2 Å². The molecule has 4 nitrogen and oxygen atoms in total. The number of hydrogen-bond acceptors (Lipinski definition) is 4. The van der Waals surface area contributed by atoms with Gasteiger partial charge in [0.05, 0.1) is 6.61 Å². The highest BCUT2D eigenvalue weighted by atomic mass is 16.5. The first kappa shape index (κ1) is 12.5. The molecule has 2 aromatic heterocycles. The predicted octanol–water partition coefficient (Wildman–Crippen LogP) is 2.12. The fourth-order valence-electron chi connectivity index (χ4n) is 1.55. The second kappa shape index (κ2) is 6.12. The highest BCUT2D eigenvalue weighted by Crippen LogP contribution is 2.12. The van der Waals surface area contributed by atoms with E-state index in [1.54, 1.807) is 12.4 Å². The molecule has 1 atom stereocenters. The Hall–Kier alpha value is -1.94. The van der Waals surface area contributed by atoms with Gasteiger partial charge in [0.2, 0.25) is 5.88 Å². The third kappa shape index (κ3) is 3.53. The molecule has 1 unspecified atom stereocenters. The van der Waals surface area contributed by atoms with Crippen LogP contribution in [0.3, 0.4) is 0 Å². The van der Waals surface area contributed by atoms with Crippen LogP contribution in [0.15, 0.2) is 42.7 Å². The zero-order valence-corrected chi connectivity index (χ0v) is 10.4. The summed E-state index contributed by atoms with van der Waals surface area (Å²) < 4.78 is 5.55. The van der Waals surface area contributed by atoms with Crippen LogP contribution in [-0.2, 0) is 6.42 Å². The summed E-state index contributed by atoms with van der Waals surface area (Å²) in [7, 11) is 0. The summed E-state index contributed by atoms with van der Waals surface area (Å²) >= 11 is 0. The van der Waals surface area contributed by atoms with Crippen molar-refractivity contribution < 1.29 is 4.74 Å². The van der Waals surface area contributed by atoms with E-state index in [1.165, 1.54) is 0 Å². The Morgan fingerprint density at radius 2 is 2.11 bits per heavy atom. The van der Waals surface area contributed by atoms with E-state index >= 15 is 0 Å². The third-order valence-electron chi connectivity index (χ3n) is 2.62. The number of ether oxygens (including phenoxy) is 1. The quantitative estimate of drug-likeness (QED) is 0.873. The zero-order valence-electron chi connectivity index (χ0n) is 10.4. The average Bonchev–Trinajstić information content (AvgIpc) is 2.40. The van der Waals surface area contributed by atoms with E-state index in [0.29, 0.717) is 12.5 Å². The van der Waals surface area contributed by atoms with E-state index < -0.39 is 0 Å². The summed E-state index contributed by atoms with van der Waals surface area (Å²) in [5, 5.41) is 0. The van der Waals surface area contributed by atoms with Gasteiger partial charge in [-0.2, -0.15) is 0 Å². The Morgan fingerprint density at radius 1 is 1.22 bits per heavy atom. The van der Waals surface area contributed by atoms with Gasteiger partial charge < -0.3 is 10.5 Å². The molecule has 0 aliphatic heterocycles. The van der Waals surface area contributed by atoms with Gasteiger partial charge in [0.15, 0.2) is 0 Å². The Balaban J connectivity index is 1.83. The molecule has 0 saturated heterocycles. The first-order valence-corrected chi connectivity index (χ1v) is 6.00. The van der Waals surface area contributed by atoms with Crippen LogP contribution < -0.4 is 10.5 Å². The normalized spacial score (nSPS) is 12.1. The number of nitrogens with zero attached hydrogens (tertiary/aromatic N) is 2. The van der Waals surface area contributed by atoms with Gasteiger partial charge in [-0.25, -0.2) is 4.98 Å². The molecule has 2 aromatic rings. The van der Waals surface area contributed by atoms with Gasteiger partial charge in [0, 0.05) is 36.6 Å². The maximum Gasteiger partial charge on any atom is 0.213 e. The summed E-state index contributed by atoms with van der Waals surface area (Å²) in [6.07, 6.45) is 4.31. The van der Waals surface area contributed by atoms with Crippen molar-refractivity contribution in [3.05, 3.63) is 54.0 Å². The van der Waals surface area contributed by atoms with Gasteiger partial charge in [-0.1, -0.05) is 12.1 Å². The van der Waals surface area contributed by atoms with Crippen LogP contribution in [0, 0.1) is 0 Å². The Bertz CT molecular complexity index is 468. The molecule has 94 valence electrons.